The summed E-state index contributed by atoms with van der Waals surface area (Å²) in [6.45, 7) is 9.04. The lowest BCUT2D eigenvalue weighted by Gasteiger charge is -2.35. The first kappa shape index (κ1) is 31.4. The van der Waals surface area contributed by atoms with E-state index in [1.807, 2.05) is 101 Å². The molecular weight excluding hydrogens is 590 g/mol. The molecule has 3 rings (SSSR count). The van der Waals surface area contributed by atoms with Crippen molar-refractivity contribution in [3.63, 3.8) is 0 Å². The molecule has 0 saturated carbocycles. The van der Waals surface area contributed by atoms with E-state index in [0.29, 0.717) is 5.69 Å². The highest BCUT2D eigenvalue weighted by Crippen LogP contribution is 2.25. The summed E-state index contributed by atoms with van der Waals surface area (Å²) in [5.41, 5.74) is 3.22. The summed E-state index contributed by atoms with van der Waals surface area (Å²) in [6, 6.07) is 21.6. The maximum atomic E-state index is 14.2. The van der Waals surface area contributed by atoms with Gasteiger partial charge in [-0.15, -0.1) is 0 Å². The number of aryl methyl sites for hydroxylation is 2. The predicted molar refractivity (Wildman–Crippen MR) is 165 cm³/mol. The average Bonchev–Trinajstić information content (AvgIpc) is 2.86. The van der Waals surface area contributed by atoms with Crippen molar-refractivity contribution in [2.75, 3.05) is 17.1 Å². The van der Waals surface area contributed by atoms with Crippen LogP contribution in [0.4, 0.5) is 5.69 Å². The number of nitrogens with one attached hydrogen (secondary N) is 1. The maximum Gasteiger partial charge on any atom is 0.244 e. The molecular formula is C31H38BrN3O4S. The highest BCUT2D eigenvalue weighted by atomic mass is 79.9. The second-order valence-corrected chi connectivity index (χ2v) is 14.0. The molecule has 0 aliphatic carbocycles. The Hall–Kier alpha value is -3.17. The summed E-state index contributed by atoms with van der Waals surface area (Å²) in [7, 11) is -3.82. The zero-order valence-corrected chi connectivity index (χ0v) is 26.3. The fraction of sp³-hybridized carbons (Fsp3) is 0.355. The van der Waals surface area contributed by atoms with Crippen molar-refractivity contribution in [3.05, 3.63) is 99.5 Å². The van der Waals surface area contributed by atoms with Gasteiger partial charge in [-0.05, 0) is 75.1 Å². The van der Waals surface area contributed by atoms with Gasteiger partial charge in [0.25, 0.3) is 0 Å². The molecule has 0 fully saturated rings. The number of amides is 2. The Morgan fingerprint density at radius 2 is 1.55 bits per heavy atom. The molecule has 1 N–H and O–H groups in total. The molecule has 7 nitrogen and oxygen atoms in total. The minimum atomic E-state index is -3.82. The average molecular weight is 629 g/mol. The van der Waals surface area contributed by atoms with Crippen LogP contribution in [0.1, 0.15) is 43.0 Å². The zero-order chi connectivity index (χ0) is 29.7. The first-order valence-corrected chi connectivity index (χ1v) is 15.7. The number of carbonyl (C=O) groups is 2. The first-order chi connectivity index (χ1) is 18.6. The minimum Gasteiger partial charge on any atom is -0.350 e. The molecule has 2 amide bonds. The Morgan fingerprint density at radius 3 is 2.12 bits per heavy atom. The lowest BCUT2D eigenvalue weighted by Crippen LogP contribution is -2.56. The van der Waals surface area contributed by atoms with Crippen molar-refractivity contribution in [2.45, 2.75) is 59.2 Å². The number of nitrogens with zero attached hydrogens (tertiary/aromatic N) is 2. The standard InChI is InChI=1S/C31H38BrN3O4S/c1-22-12-13-23(2)27(18-22)35(40(6,38)39)21-29(36)34(20-25-14-16-26(32)17-15-25)28(30(37)33-31(3,4)5)19-24-10-8-7-9-11-24/h7-18,28H,19-21H2,1-6H3,(H,33,37)/t28-/m1/s1. The molecule has 0 spiro atoms. The van der Waals surface area contributed by atoms with Gasteiger partial charge in [0, 0.05) is 23.0 Å². The Kier molecular flexibility index (Phi) is 10.2. The predicted octanol–water partition coefficient (Wildman–Crippen LogP) is 5.39. The van der Waals surface area contributed by atoms with E-state index in [9.17, 15) is 18.0 Å². The van der Waals surface area contributed by atoms with Gasteiger partial charge in [0.05, 0.1) is 11.9 Å². The van der Waals surface area contributed by atoms with Gasteiger partial charge in [-0.25, -0.2) is 8.42 Å². The van der Waals surface area contributed by atoms with Gasteiger partial charge in [-0.1, -0.05) is 70.5 Å². The quantitative estimate of drug-likeness (QED) is 0.327. The molecule has 0 aromatic heterocycles. The lowest BCUT2D eigenvalue weighted by atomic mass is 10.0. The van der Waals surface area contributed by atoms with Crippen molar-refractivity contribution in [1.82, 2.24) is 10.2 Å². The van der Waals surface area contributed by atoms with Crippen molar-refractivity contribution < 1.29 is 18.0 Å². The Bertz CT molecular complexity index is 1440. The molecule has 0 heterocycles. The molecule has 0 saturated heterocycles. The topological polar surface area (TPSA) is 86.8 Å². The lowest BCUT2D eigenvalue weighted by molar-refractivity contribution is -0.140. The normalized spacial score (nSPS) is 12.5. The summed E-state index contributed by atoms with van der Waals surface area (Å²) in [5.74, 6) is -0.779. The first-order valence-electron chi connectivity index (χ1n) is 13.1. The van der Waals surface area contributed by atoms with Crippen LogP contribution in [-0.2, 0) is 32.6 Å². The molecule has 1 atom stereocenters. The summed E-state index contributed by atoms with van der Waals surface area (Å²) >= 11 is 3.45. The molecule has 0 unspecified atom stereocenters. The van der Waals surface area contributed by atoms with Crippen LogP contribution in [0.15, 0.2) is 77.3 Å². The fourth-order valence-corrected chi connectivity index (χ4v) is 5.54. The van der Waals surface area contributed by atoms with Crippen LogP contribution in [0.5, 0.6) is 0 Å². The number of halogens is 1. The molecule has 214 valence electrons. The molecule has 3 aromatic carbocycles. The van der Waals surface area contributed by atoms with Gasteiger partial charge >= 0.3 is 0 Å². The van der Waals surface area contributed by atoms with E-state index >= 15 is 0 Å². The van der Waals surface area contributed by atoms with E-state index in [4.69, 9.17) is 0 Å². The van der Waals surface area contributed by atoms with E-state index in [1.54, 1.807) is 6.07 Å². The smallest absolute Gasteiger partial charge is 0.244 e. The van der Waals surface area contributed by atoms with Gasteiger partial charge in [-0.2, -0.15) is 0 Å². The van der Waals surface area contributed by atoms with E-state index in [0.717, 1.165) is 37.3 Å². The fourth-order valence-electron chi connectivity index (χ4n) is 4.38. The number of rotatable bonds is 10. The second kappa shape index (κ2) is 13.0. The Morgan fingerprint density at radius 1 is 0.925 bits per heavy atom. The number of hydrogen-bond donors (Lipinski definition) is 1. The molecule has 0 aliphatic heterocycles. The van der Waals surface area contributed by atoms with Crippen molar-refractivity contribution in [1.29, 1.82) is 0 Å². The third-order valence-electron chi connectivity index (χ3n) is 6.35. The summed E-state index contributed by atoms with van der Waals surface area (Å²) < 4.78 is 28.0. The minimum absolute atomic E-state index is 0.131. The van der Waals surface area contributed by atoms with E-state index < -0.39 is 34.1 Å². The number of anilines is 1. The molecule has 0 radical (unpaired) electrons. The second-order valence-electron chi connectivity index (χ2n) is 11.2. The maximum absolute atomic E-state index is 14.2. The van der Waals surface area contributed by atoms with Crippen LogP contribution in [0.2, 0.25) is 0 Å². The zero-order valence-electron chi connectivity index (χ0n) is 23.9. The Balaban J connectivity index is 2.09. The SMILES string of the molecule is Cc1ccc(C)c(N(CC(=O)N(Cc2ccc(Br)cc2)[C@H](Cc2ccccc2)C(=O)NC(C)(C)C)S(C)(=O)=O)c1. The number of benzene rings is 3. The van der Waals surface area contributed by atoms with E-state index in [-0.39, 0.29) is 18.9 Å². The van der Waals surface area contributed by atoms with Crippen LogP contribution in [0, 0.1) is 13.8 Å². The molecule has 9 heteroatoms. The van der Waals surface area contributed by atoms with Crippen molar-refractivity contribution in [2.24, 2.45) is 0 Å². The number of sulfonamides is 1. The highest BCUT2D eigenvalue weighted by Gasteiger charge is 2.34. The van der Waals surface area contributed by atoms with Gasteiger partial charge in [0.2, 0.25) is 21.8 Å². The largest absolute Gasteiger partial charge is 0.350 e. The molecule has 3 aromatic rings. The Labute approximate surface area is 246 Å². The van der Waals surface area contributed by atoms with Crippen LogP contribution >= 0.6 is 15.9 Å². The summed E-state index contributed by atoms with van der Waals surface area (Å²) in [6.07, 6.45) is 1.36. The van der Waals surface area contributed by atoms with Gasteiger partial charge in [0.15, 0.2) is 0 Å². The van der Waals surface area contributed by atoms with Crippen molar-refractivity contribution >= 4 is 43.5 Å². The van der Waals surface area contributed by atoms with Gasteiger partial charge < -0.3 is 10.2 Å². The third-order valence-corrected chi connectivity index (χ3v) is 8.00. The van der Waals surface area contributed by atoms with Crippen LogP contribution in [0.3, 0.4) is 0 Å². The molecule has 0 aliphatic rings. The highest BCUT2D eigenvalue weighted by molar-refractivity contribution is 9.10. The van der Waals surface area contributed by atoms with Crippen LogP contribution in [0.25, 0.3) is 0 Å². The van der Waals surface area contributed by atoms with Gasteiger partial charge in [0.1, 0.15) is 12.6 Å². The summed E-state index contributed by atoms with van der Waals surface area (Å²) in [4.78, 5) is 29.4. The molecule has 0 bridgehead atoms. The number of hydrogen-bond acceptors (Lipinski definition) is 4. The summed E-state index contributed by atoms with van der Waals surface area (Å²) in [5, 5.41) is 3.03. The number of carbonyl (C=O) groups excluding carboxylic acids is 2. The van der Waals surface area contributed by atoms with E-state index in [2.05, 4.69) is 21.2 Å². The van der Waals surface area contributed by atoms with Gasteiger partial charge in [-0.3, -0.25) is 13.9 Å². The van der Waals surface area contributed by atoms with Crippen LogP contribution in [-0.4, -0.2) is 49.5 Å². The molecule has 40 heavy (non-hydrogen) atoms. The van der Waals surface area contributed by atoms with E-state index in [1.165, 1.54) is 4.90 Å². The third kappa shape index (κ3) is 8.93. The monoisotopic (exact) mass is 627 g/mol. The van der Waals surface area contributed by atoms with Crippen LogP contribution < -0.4 is 9.62 Å². The van der Waals surface area contributed by atoms with Crippen molar-refractivity contribution in [3.8, 4) is 0 Å².